The number of hydrogen-bond acceptors (Lipinski definition) is 8. The Morgan fingerprint density at radius 1 is 1.05 bits per heavy atom. The van der Waals surface area contributed by atoms with Gasteiger partial charge in [0.15, 0.2) is 15.5 Å². The molecule has 2 fully saturated rings. The lowest BCUT2D eigenvalue weighted by Crippen LogP contribution is -2.46. The quantitative estimate of drug-likeness (QED) is 0.425. The molecule has 0 spiro atoms. The zero-order valence-electron chi connectivity index (χ0n) is 21.8. The van der Waals surface area contributed by atoms with Crippen LogP contribution in [-0.2, 0) is 19.9 Å². The zero-order chi connectivity index (χ0) is 26.5. The van der Waals surface area contributed by atoms with Gasteiger partial charge < -0.3 is 4.90 Å². The molecule has 1 saturated heterocycles. The van der Waals surface area contributed by atoms with Gasteiger partial charge in [-0.15, -0.1) is 0 Å². The van der Waals surface area contributed by atoms with Gasteiger partial charge in [0.2, 0.25) is 0 Å². The first-order chi connectivity index (χ1) is 17.5. The molecule has 0 bridgehead atoms. The average molecular weight is 546 g/mol. The molecule has 2 aliphatic rings. The van der Waals surface area contributed by atoms with E-state index in [1.165, 1.54) is 16.5 Å². The molecule has 0 amide bonds. The van der Waals surface area contributed by atoms with Gasteiger partial charge in [-0.2, -0.15) is 0 Å². The molecule has 1 aliphatic carbocycles. The minimum Gasteiger partial charge on any atom is -0.356 e. The van der Waals surface area contributed by atoms with Crippen molar-refractivity contribution in [3.63, 3.8) is 0 Å². The predicted octanol–water partition coefficient (Wildman–Crippen LogP) is 3.09. The lowest BCUT2D eigenvalue weighted by molar-refractivity contribution is 0.274. The molecular formula is C26H35N5O4S2. The Labute approximate surface area is 219 Å². The largest absolute Gasteiger partial charge is 0.356 e. The molecular weight excluding hydrogens is 510 g/mol. The summed E-state index contributed by atoms with van der Waals surface area (Å²) in [4.78, 5) is 13.2. The number of fused-ring (bicyclic) bond motifs is 1. The summed E-state index contributed by atoms with van der Waals surface area (Å²) in [5, 5.41) is 0.389. The van der Waals surface area contributed by atoms with Gasteiger partial charge in [-0.25, -0.2) is 30.8 Å². The number of aromatic nitrogens is 3. The summed E-state index contributed by atoms with van der Waals surface area (Å²) >= 11 is 0. The molecule has 11 heteroatoms. The summed E-state index contributed by atoms with van der Waals surface area (Å²) in [5.41, 5.74) is 1.31. The van der Waals surface area contributed by atoms with Crippen molar-refractivity contribution < 1.29 is 16.8 Å². The van der Waals surface area contributed by atoms with Crippen LogP contribution >= 0.6 is 0 Å². The number of rotatable bonds is 8. The number of anilines is 1. The number of sulfone groups is 1. The number of nitrogens with zero attached hydrogens (tertiary/aromatic N) is 5. The van der Waals surface area contributed by atoms with Crippen LogP contribution in [0.4, 0.5) is 5.82 Å². The number of hydrogen-bond donors (Lipinski definition) is 0. The lowest BCUT2D eigenvalue weighted by atomic mass is 9.81. The SMILES string of the molecule is Cc1ccc(S(=O)(=O)n2ccc3c(N(C)C4CC(CS(=O)(=O)C5CCN(C(C)C)C5)C4)ncnc32)cc1. The first kappa shape index (κ1) is 26.1. The summed E-state index contributed by atoms with van der Waals surface area (Å²) in [7, 11) is -5.00. The van der Waals surface area contributed by atoms with E-state index in [0.717, 1.165) is 31.4 Å². The second kappa shape index (κ2) is 9.67. The Balaban J connectivity index is 1.29. The van der Waals surface area contributed by atoms with Gasteiger partial charge in [-0.05, 0) is 70.7 Å². The number of benzene rings is 1. The molecule has 200 valence electrons. The highest BCUT2D eigenvalue weighted by atomic mass is 32.2. The Morgan fingerprint density at radius 2 is 1.76 bits per heavy atom. The second-order valence-electron chi connectivity index (χ2n) is 10.8. The van der Waals surface area contributed by atoms with Gasteiger partial charge in [-0.3, -0.25) is 4.90 Å². The highest BCUT2D eigenvalue weighted by Gasteiger charge is 2.40. The highest BCUT2D eigenvalue weighted by molar-refractivity contribution is 7.92. The summed E-state index contributed by atoms with van der Waals surface area (Å²) in [6, 6.07) is 8.98. The van der Waals surface area contributed by atoms with E-state index in [0.29, 0.717) is 29.4 Å². The summed E-state index contributed by atoms with van der Waals surface area (Å²) in [6.45, 7) is 7.61. The Morgan fingerprint density at radius 3 is 2.41 bits per heavy atom. The van der Waals surface area contributed by atoms with Gasteiger partial charge in [-0.1, -0.05) is 17.7 Å². The Hall–Kier alpha value is -2.50. The molecule has 2 aromatic heterocycles. The minimum atomic E-state index is -3.80. The molecule has 0 N–H and O–H groups in total. The molecule has 1 unspecified atom stereocenters. The van der Waals surface area contributed by atoms with Crippen molar-refractivity contribution in [3.05, 3.63) is 48.4 Å². The summed E-state index contributed by atoms with van der Waals surface area (Å²) in [6.07, 6.45) is 5.16. The van der Waals surface area contributed by atoms with Crippen molar-refractivity contribution in [1.82, 2.24) is 18.8 Å². The monoisotopic (exact) mass is 545 g/mol. The standard InChI is InChI=1S/C26H35N5O4S2/c1-18(2)30-11-9-23(15-30)36(32,33)16-20-13-21(14-20)29(4)25-24-10-12-31(26(24)28-17-27-25)37(34,35)22-7-5-19(3)6-8-22/h5-8,10,12,17-18,20-21,23H,9,11,13-16H2,1-4H3. The third kappa shape index (κ3) is 4.88. The van der Waals surface area contributed by atoms with E-state index in [-0.39, 0.29) is 27.9 Å². The molecule has 1 aliphatic heterocycles. The molecule has 37 heavy (non-hydrogen) atoms. The van der Waals surface area contributed by atoms with E-state index in [9.17, 15) is 16.8 Å². The topological polar surface area (TPSA) is 105 Å². The number of aryl methyl sites for hydroxylation is 1. The average Bonchev–Trinajstić information content (AvgIpc) is 3.49. The van der Waals surface area contributed by atoms with Crippen molar-refractivity contribution in [2.24, 2.45) is 5.92 Å². The van der Waals surface area contributed by atoms with Crippen LogP contribution in [-0.4, -0.2) is 78.9 Å². The molecule has 9 nitrogen and oxygen atoms in total. The van der Waals surface area contributed by atoms with Crippen molar-refractivity contribution in [1.29, 1.82) is 0 Å². The molecule has 1 aromatic carbocycles. The van der Waals surface area contributed by atoms with Gasteiger partial charge in [0.25, 0.3) is 10.0 Å². The first-order valence-corrected chi connectivity index (χ1v) is 16.0. The van der Waals surface area contributed by atoms with Crippen LogP contribution < -0.4 is 4.90 Å². The van der Waals surface area contributed by atoms with Crippen molar-refractivity contribution >= 4 is 36.7 Å². The number of likely N-dealkylation sites (tertiary alicyclic amines) is 1. The van der Waals surface area contributed by atoms with Gasteiger partial charge >= 0.3 is 0 Å². The molecule has 3 heterocycles. The van der Waals surface area contributed by atoms with Crippen molar-refractivity contribution in [2.45, 2.75) is 62.3 Å². The highest BCUT2D eigenvalue weighted by Crippen LogP contribution is 2.37. The van der Waals surface area contributed by atoms with E-state index < -0.39 is 19.9 Å². The van der Waals surface area contributed by atoms with Crippen LogP contribution in [0.25, 0.3) is 11.0 Å². The van der Waals surface area contributed by atoms with Crippen LogP contribution in [0.3, 0.4) is 0 Å². The van der Waals surface area contributed by atoms with Crippen LogP contribution in [0.2, 0.25) is 0 Å². The lowest BCUT2D eigenvalue weighted by Gasteiger charge is -2.42. The fourth-order valence-corrected chi connectivity index (χ4v) is 8.91. The van der Waals surface area contributed by atoms with E-state index in [4.69, 9.17) is 0 Å². The summed E-state index contributed by atoms with van der Waals surface area (Å²) < 4.78 is 53.8. The van der Waals surface area contributed by atoms with E-state index in [2.05, 4.69) is 28.7 Å². The molecule has 3 aromatic rings. The normalized spacial score (nSPS) is 23.0. The van der Waals surface area contributed by atoms with E-state index in [1.54, 1.807) is 30.3 Å². The van der Waals surface area contributed by atoms with Crippen LogP contribution in [0, 0.1) is 12.8 Å². The molecule has 0 radical (unpaired) electrons. The van der Waals surface area contributed by atoms with E-state index in [1.807, 2.05) is 18.9 Å². The van der Waals surface area contributed by atoms with Crippen molar-refractivity contribution in [2.75, 3.05) is 30.8 Å². The fourth-order valence-electron chi connectivity index (χ4n) is 5.52. The maximum Gasteiger partial charge on any atom is 0.269 e. The Bertz CT molecular complexity index is 1490. The summed E-state index contributed by atoms with van der Waals surface area (Å²) in [5.74, 6) is 1.02. The fraction of sp³-hybridized carbons (Fsp3) is 0.538. The van der Waals surface area contributed by atoms with Crippen LogP contribution in [0.1, 0.15) is 38.7 Å². The van der Waals surface area contributed by atoms with Gasteiger partial charge in [0.1, 0.15) is 12.1 Å². The predicted molar refractivity (Wildman–Crippen MR) is 145 cm³/mol. The van der Waals surface area contributed by atoms with E-state index >= 15 is 0 Å². The van der Waals surface area contributed by atoms with Gasteiger partial charge in [0.05, 0.1) is 21.3 Å². The first-order valence-electron chi connectivity index (χ1n) is 12.8. The third-order valence-corrected chi connectivity index (χ3v) is 12.0. The molecule has 1 atom stereocenters. The molecule has 5 rings (SSSR count). The van der Waals surface area contributed by atoms with Crippen LogP contribution in [0.5, 0.6) is 0 Å². The second-order valence-corrected chi connectivity index (χ2v) is 14.9. The van der Waals surface area contributed by atoms with Gasteiger partial charge in [0, 0.05) is 31.9 Å². The maximum absolute atomic E-state index is 13.3. The van der Waals surface area contributed by atoms with Crippen LogP contribution in [0.15, 0.2) is 47.8 Å². The Kier molecular flexibility index (Phi) is 6.82. The smallest absolute Gasteiger partial charge is 0.269 e. The van der Waals surface area contributed by atoms with Crippen molar-refractivity contribution in [3.8, 4) is 0 Å². The zero-order valence-corrected chi connectivity index (χ0v) is 23.4. The maximum atomic E-state index is 13.3. The minimum absolute atomic E-state index is 0.134. The third-order valence-electron chi connectivity index (χ3n) is 7.98. The molecule has 1 saturated carbocycles.